The van der Waals surface area contributed by atoms with E-state index in [2.05, 4.69) is 87.0 Å². The molecule has 0 radical (unpaired) electrons. The molecule has 5 rings (SSSR count). The summed E-state index contributed by atoms with van der Waals surface area (Å²) >= 11 is 1.96. The van der Waals surface area contributed by atoms with Crippen LogP contribution in [0.3, 0.4) is 0 Å². The van der Waals surface area contributed by atoms with Gasteiger partial charge in [-0.2, -0.15) is 4.57 Å². The van der Waals surface area contributed by atoms with Gasteiger partial charge in [-0.15, -0.1) is 0 Å². The molecule has 4 aromatic rings. The molecule has 1 nitrogen and oxygen atoms in total. The van der Waals surface area contributed by atoms with Crippen molar-refractivity contribution in [1.29, 1.82) is 0 Å². The number of hydrogen-bond acceptors (Lipinski definition) is 1. The second kappa shape index (κ2) is 6.10. The first kappa shape index (κ1) is 16.8. The van der Waals surface area contributed by atoms with Crippen LogP contribution in [-0.2, 0) is 13.5 Å². The van der Waals surface area contributed by atoms with Gasteiger partial charge in [0.2, 0.25) is 11.2 Å². The first-order valence-corrected chi connectivity index (χ1v) is 10.5. The molecule has 0 N–H and O–H groups in total. The van der Waals surface area contributed by atoms with Crippen LogP contribution in [0.15, 0.2) is 64.4 Å². The maximum atomic E-state index is 2.42. The zero-order chi connectivity index (χ0) is 18.7. The molecule has 27 heavy (non-hydrogen) atoms. The van der Waals surface area contributed by atoms with Crippen molar-refractivity contribution < 1.29 is 4.57 Å². The lowest BCUT2D eigenvalue weighted by atomic mass is 9.92. The van der Waals surface area contributed by atoms with Crippen LogP contribution in [0.2, 0.25) is 0 Å². The van der Waals surface area contributed by atoms with Crippen LogP contribution in [0.5, 0.6) is 0 Å². The zero-order valence-corrected chi connectivity index (χ0v) is 17.2. The number of hydrogen-bond donors (Lipinski definition) is 0. The molecule has 1 aliphatic heterocycles. The Morgan fingerprint density at radius 2 is 1.78 bits per heavy atom. The molecule has 0 saturated carbocycles. The third-order valence-corrected chi connectivity index (χ3v) is 6.90. The van der Waals surface area contributed by atoms with Gasteiger partial charge >= 0.3 is 0 Å². The number of rotatable bonds is 2. The lowest BCUT2D eigenvalue weighted by Gasteiger charge is -2.23. The average Bonchev–Trinajstić information content (AvgIpc) is 2.67. The van der Waals surface area contributed by atoms with Gasteiger partial charge in [0.05, 0.1) is 15.8 Å². The first-order valence-electron chi connectivity index (χ1n) is 9.70. The zero-order valence-electron chi connectivity index (χ0n) is 16.3. The highest BCUT2D eigenvalue weighted by Crippen LogP contribution is 2.50. The quantitative estimate of drug-likeness (QED) is 0.323. The van der Waals surface area contributed by atoms with Crippen molar-refractivity contribution >= 4 is 33.4 Å². The summed E-state index contributed by atoms with van der Waals surface area (Å²) in [6.07, 6.45) is 1.11. The van der Waals surface area contributed by atoms with Crippen LogP contribution in [0.1, 0.15) is 25.0 Å². The van der Waals surface area contributed by atoms with Crippen molar-refractivity contribution in [3.8, 4) is 11.3 Å². The van der Waals surface area contributed by atoms with E-state index in [9.17, 15) is 0 Å². The van der Waals surface area contributed by atoms with Gasteiger partial charge in [0.15, 0.2) is 0 Å². The van der Waals surface area contributed by atoms with Gasteiger partial charge in [-0.05, 0) is 47.9 Å². The molecule has 0 atom stereocenters. The maximum absolute atomic E-state index is 2.42. The third kappa shape index (κ3) is 2.43. The molecular weight excluding hydrogens is 346 g/mol. The summed E-state index contributed by atoms with van der Waals surface area (Å²) < 4.78 is 2.42. The summed E-state index contributed by atoms with van der Waals surface area (Å²) in [5.74, 6) is 0.625. The topological polar surface area (TPSA) is 3.88 Å². The standard InChI is InChI=1S/C25H24NS/c1-15(2)14-19-18-9-5-6-10-20(18)26(4)24-22-16(3)12-13-17-8-7-11-21(23(17)22)27-25(19)24/h5-13,15H,14H2,1-4H3/q+1. The number of pyridine rings is 1. The van der Waals surface area contributed by atoms with Crippen LogP contribution < -0.4 is 4.57 Å². The average molecular weight is 371 g/mol. The van der Waals surface area contributed by atoms with Crippen molar-refractivity contribution in [2.45, 2.75) is 37.0 Å². The van der Waals surface area contributed by atoms with E-state index in [1.165, 1.54) is 53.9 Å². The molecular formula is C25H24NS+. The molecule has 0 bridgehead atoms. The van der Waals surface area contributed by atoms with E-state index >= 15 is 0 Å². The number of benzene rings is 3. The Kier molecular flexibility index (Phi) is 3.80. The molecule has 2 heteroatoms. The van der Waals surface area contributed by atoms with E-state index < -0.39 is 0 Å². The molecule has 0 spiro atoms. The second-order valence-electron chi connectivity index (χ2n) is 8.04. The first-order chi connectivity index (χ1) is 13.1. The fourth-order valence-corrected chi connectivity index (χ4v) is 5.85. The molecule has 0 fully saturated rings. The number of para-hydroxylation sites is 1. The van der Waals surface area contributed by atoms with Crippen molar-refractivity contribution in [3.05, 3.63) is 65.7 Å². The van der Waals surface area contributed by atoms with Crippen LogP contribution in [0.4, 0.5) is 0 Å². The molecule has 2 heterocycles. The minimum atomic E-state index is 0.625. The molecule has 1 aliphatic rings. The van der Waals surface area contributed by atoms with Crippen LogP contribution in [0, 0.1) is 12.8 Å². The highest BCUT2D eigenvalue weighted by molar-refractivity contribution is 7.99. The van der Waals surface area contributed by atoms with Crippen molar-refractivity contribution in [2.24, 2.45) is 13.0 Å². The fourth-order valence-electron chi connectivity index (χ4n) is 4.51. The van der Waals surface area contributed by atoms with Gasteiger partial charge in [-0.1, -0.05) is 62.0 Å². The van der Waals surface area contributed by atoms with Crippen molar-refractivity contribution in [3.63, 3.8) is 0 Å². The van der Waals surface area contributed by atoms with E-state index in [4.69, 9.17) is 0 Å². The van der Waals surface area contributed by atoms with E-state index in [-0.39, 0.29) is 0 Å². The molecule has 0 amide bonds. The number of aryl methyl sites for hydroxylation is 2. The largest absolute Gasteiger partial charge is 0.228 e. The van der Waals surface area contributed by atoms with Crippen molar-refractivity contribution in [2.75, 3.05) is 0 Å². The van der Waals surface area contributed by atoms with Crippen molar-refractivity contribution in [1.82, 2.24) is 0 Å². The Morgan fingerprint density at radius 3 is 2.59 bits per heavy atom. The van der Waals surface area contributed by atoms with E-state index in [1.807, 2.05) is 11.8 Å². The van der Waals surface area contributed by atoms with Crippen LogP contribution in [0.25, 0.3) is 32.9 Å². The highest BCUT2D eigenvalue weighted by Gasteiger charge is 2.32. The number of aromatic nitrogens is 1. The molecule has 134 valence electrons. The highest BCUT2D eigenvalue weighted by atomic mass is 32.2. The smallest absolute Gasteiger partial charge is 0.193 e. The molecule has 0 aliphatic carbocycles. The predicted molar refractivity (Wildman–Crippen MR) is 115 cm³/mol. The summed E-state index contributed by atoms with van der Waals surface area (Å²) in [4.78, 5) is 2.83. The summed E-state index contributed by atoms with van der Waals surface area (Å²) in [5.41, 5.74) is 6.98. The van der Waals surface area contributed by atoms with Crippen LogP contribution >= 0.6 is 11.8 Å². The Morgan fingerprint density at radius 1 is 0.963 bits per heavy atom. The van der Waals surface area contributed by atoms with E-state index in [0.29, 0.717) is 5.92 Å². The molecule has 0 unspecified atom stereocenters. The number of nitrogens with zero attached hydrogens (tertiary/aromatic N) is 1. The fraction of sp³-hybridized carbons (Fsp3) is 0.240. The monoisotopic (exact) mass is 370 g/mol. The van der Waals surface area contributed by atoms with Crippen LogP contribution in [-0.4, -0.2) is 0 Å². The Balaban J connectivity index is 2.00. The predicted octanol–water partition coefficient (Wildman–Crippen LogP) is 6.46. The second-order valence-corrected chi connectivity index (χ2v) is 9.10. The molecule has 1 aromatic heterocycles. The molecule has 0 saturated heterocycles. The minimum absolute atomic E-state index is 0.625. The summed E-state index contributed by atoms with van der Waals surface area (Å²) in [5, 5.41) is 4.14. The van der Waals surface area contributed by atoms with E-state index in [0.717, 1.165) is 6.42 Å². The maximum Gasteiger partial charge on any atom is 0.228 e. The minimum Gasteiger partial charge on any atom is -0.193 e. The Bertz CT molecular complexity index is 1220. The normalized spacial score (nSPS) is 12.8. The van der Waals surface area contributed by atoms with Gasteiger partial charge in [0.1, 0.15) is 7.05 Å². The molecule has 3 aromatic carbocycles. The van der Waals surface area contributed by atoms with Gasteiger partial charge < -0.3 is 0 Å². The van der Waals surface area contributed by atoms with Gasteiger partial charge in [-0.3, -0.25) is 0 Å². The van der Waals surface area contributed by atoms with Gasteiger partial charge in [0, 0.05) is 16.3 Å². The van der Waals surface area contributed by atoms with Gasteiger partial charge in [0.25, 0.3) is 0 Å². The summed E-state index contributed by atoms with van der Waals surface area (Å²) in [7, 11) is 2.23. The van der Waals surface area contributed by atoms with Gasteiger partial charge in [-0.25, -0.2) is 0 Å². The summed E-state index contributed by atoms with van der Waals surface area (Å²) in [6.45, 7) is 6.89. The number of fused-ring (bicyclic) bond motifs is 3. The van der Waals surface area contributed by atoms with E-state index in [1.54, 1.807) is 0 Å². The SMILES string of the molecule is Cc1ccc2cccc3c2c1-c1c(c(CC(C)C)c2ccccc2[n+]1C)S3. The summed E-state index contributed by atoms with van der Waals surface area (Å²) in [6, 6.07) is 20.1. The third-order valence-electron chi connectivity index (χ3n) is 5.69. The lowest BCUT2D eigenvalue weighted by molar-refractivity contribution is -0.635. The lowest BCUT2D eigenvalue weighted by Crippen LogP contribution is -2.34. The Labute approximate surface area is 165 Å². The Hall–Kier alpha value is -2.32.